The summed E-state index contributed by atoms with van der Waals surface area (Å²) in [7, 11) is 0. The van der Waals surface area contributed by atoms with Crippen molar-refractivity contribution >= 4 is 35.6 Å². The number of hydrogen-bond donors (Lipinski definition) is 1. The highest BCUT2D eigenvalue weighted by Gasteiger charge is 2.37. The fourth-order valence-corrected chi connectivity index (χ4v) is 1.61. The van der Waals surface area contributed by atoms with E-state index in [2.05, 4.69) is 0 Å². The van der Waals surface area contributed by atoms with Crippen LogP contribution in [-0.2, 0) is 6.42 Å². The lowest BCUT2D eigenvalue weighted by atomic mass is 10.1. The fraction of sp³-hybridized carbons (Fsp3) is 0.333. The van der Waals surface area contributed by atoms with E-state index in [0.717, 1.165) is 0 Å². The average Bonchev–Trinajstić information content (AvgIpc) is 2.09. The maximum atomic E-state index is 12.2. The molecule has 1 unspecified atom stereocenters. The number of rotatable bonds is 2. The van der Waals surface area contributed by atoms with Crippen LogP contribution >= 0.6 is 35.6 Å². The van der Waals surface area contributed by atoms with Crippen molar-refractivity contribution < 1.29 is 13.2 Å². The number of alkyl halides is 3. The molecule has 0 saturated carbocycles. The predicted molar refractivity (Wildman–Crippen MR) is 61.4 cm³/mol. The molecule has 2 N–H and O–H groups in total. The standard InChI is InChI=1S/C9H8Cl2F3N.ClH/c10-6-2-1-3-7(11)5(6)4-8(15)9(12,13)14;/h1-3,8H,4,15H2;1H. The Labute approximate surface area is 107 Å². The van der Waals surface area contributed by atoms with Gasteiger partial charge in [0.05, 0.1) is 0 Å². The van der Waals surface area contributed by atoms with Crippen LogP contribution < -0.4 is 5.73 Å². The first-order valence-corrected chi connectivity index (χ1v) is 4.83. The van der Waals surface area contributed by atoms with Crippen LogP contribution in [0.3, 0.4) is 0 Å². The van der Waals surface area contributed by atoms with Crippen molar-refractivity contribution in [1.82, 2.24) is 0 Å². The van der Waals surface area contributed by atoms with Crippen LogP contribution in [0.4, 0.5) is 13.2 Å². The minimum absolute atomic E-state index is 0. The van der Waals surface area contributed by atoms with Gasteiger partial charge < -0.3 is 5.73 Å². The number of halogens is 6. The molecule has 0 aliphatic carbocycles. The average molecular weight is 295 g/mol. The van der Waals surface area contributed by atoms with Gasteiger partial charge in [-0.2, -0.15) is 13.2 Å². The Hall–Kier alpha value is -0.160. The second-order valence-electron chi connectivity index (χ2n) is 3.05. The topological polar surface area (TPSA) is 26.0 Å². The summed E-state index contributed by atoms with van der Waals surface area (Å²) < 4.78 is 36.6. The van der Waals surface area contributed by atoms with E-state index < -0.39 is 18.6 Å². The van der Waals surface area contributed by atoms with Gasteiger partial charge >= 0.3 is 6.18 Å². The number of benzene rings is 1. The van der Waals surface area contributed by atoms with Crippen LogP contribution in [0.2, 0.25) is 10.0 Å². The molecule has 92 valence electrons. The molecule has 16 heavy (non-hydrogen) atoms. The van der Waals surface area contributed by atoms with E-state index >= 15 is 0 Å². The van der Waals surface area contributed by atoms with Crippen LogP contribution in [0, 0.1) is 0 Å². The van der Waals surface area contributed by atoms with E-state index in [0.29, 0.717) is 0 Å². The Morgan fingerprint density at radius 2 is 1.62 bits per heavy atom. The van der Waals surface area contributed by atoms with E-state index in [1.54, 1.807) is 6.07 Å². The first-order chi connectivity index (χ1) is 6.82. The minimum atomic E-state index is -4.44. The summed E-state index contributed by atoms with van der Waals surface area (Å²) in [6, 6.07) is 2.57. The lowest BCUT2D eigenvalue weighted by molar-refractivity contribution is -0.147. The maximum Gasteiger partial charge on any atom is 0.403 e. The molecule has 0 radical (unpaired) electrons. The Bertz CT molecular complexity index is 334. The van der Waals surface area contributed by atoms with Gasteiger partial charge in [0.15, 0.2) is 0 Å². The molecule has 0 aliphatic rings. The van der Waals surface area contributed by atoms with Gasteiger partial charge in [-0.15, -0.1) is 12.4 Å². The van der Waals surface area contributed by atoms with E-state index in [4.69, 9.17) is 28.9 Å². The first-order valence-electron chi connectivity index (χ1n) is 4.07. The number of nitrogens with two attached hydrogens (primary N) is 1. The van der Waals surface area contributed by atoms with Crippen LogP contribution in [0.25, 0.3) is 0 Å². The van der Waals surface area contributed by atoms with Crippen molar-refractivity contribution in [2.24, 2.45) is 5.73 Å². The summed E-state index contributed by atoms with van der Waals surface area (Å²) in [5.41, 5.74) is 5.21. The summed E-state index contributed by atoms with van der Waals surface area (Å²) in [6.07, 6.45) is -4.86. The van der Waals surface area contributed by atoms with Crippen molar-refractivity contribution in [3.63, 3.8) is 0 Å². The smallest absolute Gasteiger partial charge is 0.320 e. The van der Waals surface area contributed by atoms with Crippen LogP contribution in [-0.4, -0.2) is 12.2 Å². The molecule has 0 fully saturated rings. The third-order valence-electron chi connectivity index (χ3n) is 1.91. The summed E-state index contributed by atoms with van der Waals surface area (Å²) in [5, 5.41) is 0.393. The Kier molecular flexibility index (Phi) is 5.90. The van der Waals surface area contributed by atoms with Gasteiger partial charge in [0, 0.05) is 10.0 Å². The van der Waals surface area contributed by atoms with Crippen molar-refractivity contribution in [2.45, 2.75) is 18.6 Å². The SMILES string of the molecule is Cl.NC(Cc1c(Cl)cccc1Cl)C(F)(F)F. The maximum absolute atomic E-state index is 12.2. The molecule has 0 heterocycles. The summed E-state index contributed by atoms with van der Waals surface area (Å²) >= 11 is 11.4. The zero-order valence-electron chi connectivity index (χ0n) is 7.89. The molecular formula is C9H9Cl3F3N. The minimum Gasteiger partial charge on any atom is -0.320 e. The molecule has 0 bridgehead atoms. The van der Waals surface area contributed by atoms with Gasteiger partial charge in [0.1, 0.15) is 6.04 Å². The second-order valence-corrected chi connectivity index (χ2v) is 3.87. The highest BCUT2D eigenvalue weighted by Crippen LogP contribution is 2.29. The molecule has 0 aliphatic heterocycles. The van der Waals surface area contributed by atoms with Gasteiger partial charge in [-0.05, 0) is 24.1 Å². The monoisotopic (exact) mass is 293 g/mol. The van der Waals surface area contributed by atoms with Gasteiger partial charge in [0.2, 0.25) is 0 Å². The van der Waals surface area contributed by atoms with Crippen molar-refractivity contribution in [1.29, 1.82) is 0 Å². The quantitative estimate of drug-likeness (QED) is 0.881. The molecule has 1 atom stereocenters. The van der Waals surface area contributed by atoms with Crippen molar-refractivity contribution in [3.05, 3.63) is 33.8 Å². The molecule has 1 aromatic rings. The van der Waals surface area contributed by atoms with E-state index in [9.17, 15) is 13.2 Å². The normalized spacial score (nSPS) is 13.1. The molecule has 0 aromatic heterocycles. The first kappa shape index (κ1) is 15.8. The molecule has 0 amide bonds. The zero-order chi connectivity index (χ0) is 11.6. The van der Waals surface area contributed by atoms with E-state index in [1.165, 1.54) is 12.1 Å². The highest BCUT2D eigenvalue weighted by atomic mass is 35.5. The Balaban J connectivity index is 0.00000225. The van der Waals surface area contributed by atoms with Gasteiger partial charge in [-0.3, -0.25) is 0 Å². The molecule has 0 saturated heterocycles. The summed E-state index contributed by atoms with van der Waals surface area (Å²) in [4.78, 5) is 0. The third-order valence-corrected chi connectivity index (χ3v) is 2.61. The van der Waals surface area contributed by atoms with E-state index in [-0.39, 0.29) is 28.0 Å². The molecule has 1 nitrogen and oxygen atoms in total. The molecular weight excluding hydrogens is 285 g/mol. The largest absolute Gasteiger partial charge is 0.403 e. The fourth-order valence-electron chi connectivity index (χ4n) is 1.06. The van der Waals surface area contributed by atoms with Crippen molar-refractivity contribution in [3.8, 4) is 0 Å². The Morgan fingerprint density at radius 3 is 2.00 bits per heavy atom. The van der Waals surface area contributed by atoms with Gasteiger partial charge in [0.25, 0.3) is 0 Å². The zero-order valence-corrected chi connectivity index (χ0v) is 10.2. The number of hydrogen-bond acceptors (Lipinski definition) is 1. The molecule has 7 heteroatoms. The lowest BCUT2D eigenvalue weighted by Gasteiger charge is -2.16. The summed E-state index contributed by atoms with van der Waals surface area (Å²) in [6.45, 7) is 0. The van der Waals surface area contributed by atoms with Gasteiger partial charge in [-0.25, -0.2) is 0 Å². The lowest BCUT2D eigenvalue weighted by Crippen LogP contribution is -2.39. The molecule has 1 aromatic carbocycles. The predicted octanol–water partition coefficient (Wildman–Crippen LogP) is 3.85. The third kappa shape index (κ3) is 4.01. The van der Waals surface area contributed by atoms with E-state index in [1.807, 2.05) is 0 Å². The Morgan fingerprint density at radius 1 is 1.19 bits per heavy atom. The van der Waals surface area contributed by atoms with Crippen LogP contribution in [0.5, 0.6) is 0 Å². The van der Waals surface area contributed by atoms with Crippen LogP contribution in [0.1, 0.15) is 5.56 Å². The van der Waals surface area contributed by atoms with Gasteiger partial charge in [-0.1, -0.05) is 29.3 Å². The highest BCUT2D eigenvalue weighted by molar-refractivity contribution is 6.36. The van der Waals surface area contributed by atoms with Crippen LogP contribution in [0.15, 0.2) is 18.2 Å². The summed E-state index contributed by atoms with van der Waals surface area (Å²) in [5.74, 6) is 0. The molecule has 0 spiro atoms. The van der Waals surface area contributed by atoms with Crippen molar-refractivity contribution in [2.75, 3.05) is 0 Å². The second kappa shape index (κ2) is 5.96. The molecule has 1 rings (SSSR count).